The van der Waals surface area contributed by atoms with Gasteiger partial charge in [-0.2, -0.15) is 0 Å². The Kier molecular flexibility index (Phi) is 3.64. The quantitative estimate of drug-likeness (QED) is 0.841. The molecule has 1 aliphatic rings. The van der Waals surface area contributed by atoms with Crippen molar-refractivity contribution < 1.29 is 0 Å². The van der Waals surface area contributed by atoms with Crippen LogP contribution >= 0.6 is 11.6 Å². The van der Waals surface area contributed by atoms with Crippen LogP contribution in [0, 0.1) is 6.92 Å². The highest BCUT2D eigenvalue weighted by Crippen LogP contribution is 2.24. The van der Waals surface area contributed by atoms with Crippen molar-refractivity contribution in [3.05, 3.63) is 28.8 Å². The van der Waals surface area contributed by atoms with E-state index in [-0.39, 0.29) is 5.54 Å². The minimum atomic E-state index is 0.227. The molecule has 0 radical (unpaired) electrons. The van der Waals surface area contributed by atoms with Gasteiger partial charge in [0.15, 0.2) is 0 Å². The molecule has 0 bridgehead atoms. The summed E-state index contributed by atoms with van der Waals surface area (Å²) in [6.45, 7) is 7.61. The molecule has 1 fully saturated rings. The number of hydrogen-bond donors (Lipinski definition) is 2. The summed E-state index contributed by atoms with van der Waals surface area (Å²) < 4.78 is 0. The molecule has 0 spiro atoms. The van der Waals surface area contributed by atoms with Gasteiger partial charge in [-0.3, -0.25) is 0 Å². The summed E-state index contributed by atoms with van der Waals surface area (Å²) in [6.07, 6.45) is 2.30. The second kappa shape index (κ2) is 4.87. The number of hydrogen-bond acceptors (Lipinski definition) is 2. The standard InChI is InChI=1S/C14H21ClN2/c1-10-4-5-11(8-13(10)15)17-12-6-7-16-14(2,3)9-12/h4-5,8,12,16-17H,6-7,9H2,1-3H3. The van der Waals surface area contributed by atoms with Crippen molar-refractivity contribution in [2.45, 2.75) is 45.2 Å². The molecule has 1 atom stereocenters. The highest BCUT2D eigenvalue weighted by atomic mass is 35.5. The SMILES string of the molecule is Cc1ccc(NC2CCNC(C)(C)C2)cc1Cl. The molecule has 3 heteroatoms. The molecular formula is C14H21ClN2. The predicted octanol–water partition coefficient (Wildman–Crippen LogP) is 3.59. The molecule has 1 aromatic carbocycles. The van der Waals surface area contributed by atoms with Gasteiger partial charge in [0.1, 0.15) is 0 Å². The first-order chi connectivity index (χ1) is 7.96. The van der Waals surface area contributed by atoms with Gasteiger partial charge in [0.2, 0.25) is 0 Å². The normalized spacial score (nSPS) is 23.4. The second-order valence-electron chi connectivity index (χ2n) is 5.61. The first kappa shape index (κ1) is 12.7. The van der Waals surface area contributed by atoms with Crippen molar-refractivity contribution in [2.75, 3.05) is 11.9 Å². The van der Waals surface area contributed by atoms with Gasteiger partial charge in [-0.25, -0.2) is 0 Å². The van der Waals surface area contributed by atoms with E-state index in [2.05, 4.69) is 36.6 Å². The first-order valence-corrected chi connectivity index (χ1v) is 6.62. The Labute approximate surface area is 109 Å². The maximum atomic E-state index is 6.14. The molecule has 0 saturated carbocycles. The molecule has 1 unspecified atom stereocenters. The zero-order valence-corrected chi connectivity index (χ0v) is 11.6. The summed E-state index contributed by atoms with van der Waals surface area (Å²) in [6, 6.07) is 6.73. The van der Waals surface area contributed by atoms with Gasteiger partial charge in [-0.15, -0.1) is 0 Å². The Balaban J connectivity index is 2.03. The van der Waals surface area contributed by atoms with Crippen LogP contribution in [0.4, 0.5) is 5.69 Å². The monoisotopic (exact) mass is 252 g/mol. The van der Waals surface area contributed by atoms with Crippen LogP contribution in [0.1, 0.15) is 32.3 Å². The lowest BCUT2D eigenvalue weighted by Gasteiger charge is -2.37. The average molecular weight is 253 g/mol. The molecule has 2 rings (SSSR count). The zero-order valence-electron chi connectivity index (χ0n) is 10.8. The fourth-order valence-electron chi connectivity index (χ4n) is 2.42. The van der Waals surface area contributed by atoms with Crippen LogP contribution < -0.4 is 10.6 Å². The van der Waals surface area contributed by atoms with Crippen LogP contribution in [-0.2, 0) is 0 Å². The summed E-state index contributed by atoms with van der Waals surface area (Å²) in [4.78, 5) is 0. The van der Waals surface area contributed by atoms with Crippen LogP contribution in [0.2, 0.25) is 5.02 Å². The van der Waals surface area contributed by atoms with E-state index >= 15 is 0 Å². The summed E-state index contributed by atoms with van der Waals surface area (Å²) in [5, 5.41) is 7.94. The van der Waals surface area contributed by atoms with E-state index < -0.39 is 0 Å². The molecular weight excluding hydrogens is 232 g/mol. The number of aryl methyl sites for hydroxylation is 1. The third-order valence-electron chi connectivity index (χ3n) is 3.40. The Bertz CT molecular complexity index is 401. The van der Waals surface area contributed by atoms with E-state index in [1.54, 1.807) is 0 Å². The molecule has 0 amide bonds. The zero-order chi connectivity index (χ0) is 12.5. The molecule has 1 aliphatic heterocycles. The summed E-state index contributed by atoms with van der Waals surface area (Å²) >= 11 is 6.14. The largest absolute Gasteiger partial charge is 0.382 e. The highest BCUT2D eigenvalue weighted by Gasteiger charge is 2.27. The Hall–Kier alpha value is -0.730. The topological polar surface area (TPSA) is 24.1 Å². The van der Waals surface area contributed by atoms with E-state index in [9.17, 15) is 0 Å². The van der Waals surface area contributed by atoms with Crippen molar-refractivity contribution in [1.82, 2.24) is 5.32 Å². The van der Waals surface area contributed by atoms with Gasteiger partial charge in [-0.05, 0) is 57.9 Å². The van der Waals surface area contributed by atoms with Crippen LogP contribution in [0.3, 0.4) is 0 Å². The second-order valence-corrected chi connectivity index (χ2v) is 6.02. The van der Waals surface area contributed by atoms with Crippen LogP contribution in [-0.4, -0.2) is 18.1 Å². The first-order valence-electron chi connectivity index (χ1n) is 6.24. The van der Waals surface area contributed by atoms with E-state index in [4.69, 9.17) is 11.6 Å². The van der Waals surface area contributed by atoms with Crippen LogP contribution in [0.15, 0.2) is 18.2 Å². The van der Waals surface area contributed by atoms with Gasteiger partial charge in [0.05, 0.1) is 0 Å². The highest BCUT2D eigenvalue weighted by molar-refractivity contribution is 6.31. The van der Waals surface area contributed by atoms with E-state index in [0.717, 1.165) is 35.7 Å². The van der Waals surface area contributed by atoms with E-state index in [0.29, 0.717) is 6.04 Å². The lowest BCUT2D eigenvalue weighted by atomic mass is 9.89. The van der Waals surface area contributed by atoms with Crippen LogP contribution in [0.5, 0.6) is 0 Å². The molecule has 1 aromatic rings. The van der Waals surface area contributed by atoms with Gasteiger partial charge in [0, 0.05) is 22.3 Å². The number of piperidine rings is 1. The molecule has 0 aromatic heterocycles. The number of nitrogens with one attached hydrogen (secondary N) is 2. The van der Waals surface area contributed by atoms with Crippen molar-refractivity contribution in [3.63, 3.8) is 0 Å². The lowest BCUT2D eigenvalue weighted by molar-refractivity contribution is 0.286. The van der Waals surface area contributed by atoms with E-state index in [1.165, 1.54) is 0 Å². The smallest absolute Gasteiger partial charge is 0.0455 e. The molecule has 2 nitrogen and oxygen atoms in total. The fraction of sp³-hybridized carbons (Fsp3) is 0.571. The number of anilines is 1. The van der Waals surface area contributed by atoms with Gasteiger partial charge >= 0.3 is 0 Å². The Morgan fingerprint density at radius 2 is 2.18 bits per heavy atom. The number of halogens is 1. The lowest BCUT2D eigenvalue weighted by Crippen LogP contribution is -2.49. The summed E-state index contributed by atoms with van der Waals surface area (Å²) in [5.41, 5.74) is 2.48. The number of rotatable bonds is 2. The fourth-order valence-corrected chi connectivity index (χ4v) is 2.60. The number of benzene rings is 1. The Morgan fingerprint density at radius 1 is 1.41 bits per heavy atom. The maximum Gasteiger partial charge on any atom is 0.0455 e. The summed E-state index contributed by atoms with van der Waals surface area (Å²) in [5.74, 6) is 0. The van der Waals surface area contributed by atoms with Crippen molar-refractivity contribution in [3.8, 4) is 0 Å². The molecule has 1 heterocycles. The minimum Gasteiger partial charge on any atom is -0.382 e. The maximum absolute atomic E-state index is 6.14. The molecule has 2 N–H and O–H groups in total. The van der Waals surface area contributed by atoms with Gasteiger partial charge in [0.25, 0.3) is 0 Å². The minimum absolute atomic E-state index is 0.227. The average Bonchev–Trinajstić information content (AvgIpc) is 2.22. The molecule has 0 aliphatic carbocycles. The van der Waals surface area contributed by atoms with Crippen LogP contribution in [0.25, 0.3) is 0 Å². The Morgan fingerprint density at radius 3 is 2.82 bits per heavy atom. The van der Waals surface area contributed by atoms with Gasteiger partial charge in [-0.1, -0.05) is 17.7 Å². The van der Waals surface area contributed by atoms with Gasteiger partial charge < -0.3 is 10.6 Å². The van der Waals surface area contributed by atoms with Crippen molar-refractivity contribution in [1.29, 1.82) is 0 Å². The molecule has 94 valence electrons. The van der Waals surface area contributed by atoms with Crippen molar-refractivity contribution >= 4 is 17.3 Å². The third-order valence-corrected chi connectivity index (χ3v) is 3.80. The third kappa shape index (κ3) is 3.36. The van der Waals surface area contributed by atoms with Crippen molar-refractivity contribution in [2.24, 2.45) is 0 Å². The molecule has 1 saturated heterocycles. The molecule has 17 heavy (non-hydrogen) atoms. The van der Waals surface area contributed by atoms with E-state index in [1.807, 2.05) is 13.0 Å². The summed E-state index contributed by atoms with van der Waals surface area (Å²) in [7, 11) is 0. The predicted molar refractivity (Wildman–Crippen MR) is 74.9 cm³/mol.